The summed E-state index contributed by atoms with van der Waals surface area (Å²) in [7, 11) is -0.182. The molecule has 1 aromatic carbocycles. The van der Waals surface area contributed by atoms with Crippen LogP contribution in [-0.2, 0) is 17.1 Å². The zero-order chi connectivity index (χ0) is 19.8. The first-order valence-electron chi connectivity index (χ1n) is 9.15. The predicted molar refractivity (Wildman–Crippen MR) is 105 cm³/mol. The summed E-state index contributed by atoms with van der Waals surface area (Å²) >= 11 is 0. The van der Waals surface area contributed by atoms with Gasteiger partial charge in [0.05, 0.1) is 18.0 Å². The molecule has 1 aliphatic rings. The van der Waals surface area contributed by atoms with E-state index in [1.807, 2.05) is 44.6 Å². The minimum atomic E-state index is -3.68. The third-order valence-electron chi connectivity index (χ3n) is 5.09. The standard InChI is InChI=1S/C19H28N4O3S/c1-13(2)15-11-18(14(3)10-17(15)26-5)27(24,25)23-9-6-20-12-16(23)19-21-7-8-22(19)4/h7-8,10-11,13,16,20H,6,9,12H2,1-5H3. The Kier molecular flexibility index (Phi) is 5.60. The first kappa shape index (κ1) is 19.9. The summed E-state index contributed by atoms with van der Waals surface area (Å²) in [5, 5.41) is 3.29. The zero-order valence-corrected chi connectivity index (χ0v) is 17.4. The number of methoxy groups -OCH3 is 1. The third-order valence-corrected chi connectivity index (χ3v) is 7.14. The Morgan fingerprint density at radius 1 is 1.33 bits per heavy atom. The highest BCUT2D eigenvalue weighted by molar-refractivity contribution is 7.89. The number of rotatable bonds is 5. The Morgan fingerprint density at radius 3 is 2.67 bits per heavy atom. The number of aromatic nitrogens is 2. The summed E-state index contributed by atoms with van der Waals surface area (Å²) in [6.45, 7) is 7.44. The van der Waals surface area contributed by atoms with Gasteiger partial charge >= 0.3 is 0 Å². The molecule has 0 aliphatic carbocycles. The van der Waals surface area contributed by atoms with Crippen molar-refractivity contribution in [2.75, 3.05) is 26.7 Å². The van der Waals surface area contributed by atoms with E-state index in [0.717, 1.165) is 17.1 Å². The van der Waals surface area contributed by atoms with Crippen molar-refractivity contribution in [3.05, 3.63) is 41.5 Å². The fourth-order valence-corrected chi connectivity index (χ4v) is 5.43. The van der Waals surface area contributed by atoms with Gasteiger partial charge in [0.1, 0.15) is 11.6 Å². The highest BCUT2D eigenvalue weighted by Crippen LogP contribution is 2.35. The number of sulfonamides is 1. The third kappa shape index (κ3) is 3.61. The van der Waals surface area contributed by atoms with Crippen LogP contribution in [0.4, 0.5) is 0 Å². The highest BCUT2D eigenvalue weighted by atomic mass is 32.2. The van der Waals surface area contributed by atoms with E-state index < -0.39 is 10.0 Å². The summed E-state index contributed by atoms with van der Waals surface area (Å²) in [5.74, 6) is 1.62. The summed E-state index contributed by atoms with van der Waals surface area (Å²) in [5.41, 5.74) is 1.58. The lowest BCUT2D eigenvalue weighted by Crippen LogP contribution is -2.49. The van der Waals surface area contributed by atoms with E-state index in [1.54, 1.807) is 23.7 Å². The Labute approximate surface area is 161 Å². The van der Waals surface area contributed by atoms with Crippen LogP contribution in [0, 0.1) is 6.92 Å². The molecule has 1 fully saturated rings. The lowest BCUT2D eigenvalue weighted by Gasteiger charge is -2.35. The summed E-state index contributed by atoms with van der Waals surface area (Å²) < 4.78 is 36.2. The summed E-state index contributed by atoms with van der Waals surface area (Å²) in [4.78, 5) is 4.73. The van der Waals surface area contributed by atoms with Crippen LogP contribution >= 0.6 is 0 Å². The first-order valence-corrected chi connectivity index (χ1v) is 10.6. The number of benzene rings is 1. The maximum absolute atomic E-state index is 13.6. The van der Waals surface area contributed by atoms with Crippen molar-refractivity contribution < 1.29 is 13.2 Å². The molecule has 3 rings (SSSR count). The molecular formula is C19H28N4O3S. The molecule has 8 heteroatoms. The Hall–Kier alpha value is -1.90. The van der Waals surface area contributed by atoms with Crippen LogP contribution in [0.2, 0.25) is 0 Å². The molecule has 0 amide bonds. The second-order valence-electron chi connectivity index (χ2n) is 7.25. The minimum Gasteiger partial charge on any atom is -0.496 e. The number of ether oxygens (including phenoxy) is 1. The lowest BCUT2D eigenvalue weighted by atomic mass is 10.0. The lowest BCUT2D eigenvalue weighted by molar-refractivity contribution is 0.258. The molecule has 2 aromatic rings. The summed E-state index contributed by atoms with van der Waals surface area (Å²) in [6.07, 6.45) is 3.54. The molecule has 1 saturated heterocycles. The number of nitrogens with zero attached hydrogens (tertiary/aromatic N) is 3. The molecule has 148 valence electrons. The number of piperazine rings is 1. The van der Waals surface area contributed by atoms with Crippen LogP contribution in [0.1, 0.15) is 42.8 Å². The summed E-state index contributed by atoms with van der Waals surface area (Å²) in [6, 6.07) is 3.25. The first-order chi connectivity index (χ1) is 12.8. The number of imidazole rings is 1. The minimum absolute atomic E-state index is 0.155. The molecule has 1 aromatic heterocycles. The van der Waals surface area contributed by atoms with Crippen molar-refractivity contribution in [1.29, 1.82) is 0 Å². The molecule has 2 heterocycles. The van der Waals surface area contributed by atoms with Crippen LogP contribution in [0.5, 0.6) is 5.75 Å². The second kappa shape index (κ2) is 7.61. The van der Waals surface area contributed by atoms with Crippen LogP contribution in [0.15, 0.2) is 29.4 Å². The molecule has 27 heavy (non-hydrogen) atoms. The van der Waals surface area contributed by atoms with Gasteiger partial charge in [-0.3, -0.25) is 0 Å². The molecule has 0 radical (unpaired) electrons. The molecule has 0 saturated carbocycles. The van der Waals surface area contributed by atoms with Crippen LogP contribution in [0.3, 0.4) is 0 Å². The predicted octanol–water partition coefficient (Wildman–Crippen LogP) is 2.20. The molecule has 1 atom stereocenters. The quantitative estimate of drug-likeness (QED) is 0.844. The SMILES string of the molecule is COc1cc(C)c(S(=O)(=O)N2CCNCC2c2nccn2C)cc1C(C)C. The molecule has 1 unspecified atom stereocenters. The van der Waals surface area contributed by atoms with Crippen molar-refractivity contribution >= 4 is 10.0 Å². The van der Waals surface area contributed by atoms with E-state index in [-0.39, 0.29) is 12.0 Å². The van der Waals surface area contributed by atoms with Gasteiger partial charge in [-0.15, -0.1) is 0 Å². The maximum atomic E-state index is 13.6. The fourth-order valence-electron chi connectivity index (χ4n) is 3.60. The van der Waals surface area contributed by atoms with Gasteiger partial charge in [0, 0.05) is 39.1 Å². The highest BCUT2D eigenvalue weighted by Gasteiger charge is 2.37. The van der Waals surface area contributed by atoms with Crippen molar-refractivity contribution in [2.24, 2.45) is 7.05 Å². The average Bonchev–Trinajstić information content (AvgIpc) is 3.06. The van der Waals surface area contributed by atoms with Crippen molar-refractivity contribution in [3.8, 4) is 5.75 Å². The van der Waals surface area contributed by atoms with E-state index in [1.165, 1.54) is 0 Å². The van der Waals surface area contributed by atoms with Crippen LogP contribution in [-0.4, -0.2) is 49.0 Å². The van der Waals surface area contributed by atoms with Gasteiger partial charge in [-0.2, -0.15) is 4.31 Å². The van der Waals surface area contributed by atoms with Gasteiger partial charge < -0.3 is 14.6 Å². The van der Waals surface area contributed by atoms with Gasteiger partial charge in [-0.25, -0.2) is 13.4 Å². The number of hydrogen-bond acceptors (Lipinski definition) is 5. The second-order valence-corrected chi connectivity index (χ2v) is 9.11. The van der Waals surface area contributed by atoms with Crippen molar-refractivity contribution in [1.82, 2.24) is 19.2 Å². The normalized spacial score (nSPS) is 18.8. The van der Waals surface area contributed by atoms with Crippen LogP contribution < -0.4 is 10.1 Å². The largest absolute Gasteiger partial charge is 0.496 e. The zero-order valence-electron chi connectivity index (χ0n) is 16.6. The monoisotopic (exact) mass is 392 g/mol. The van der Waals surface area contributed by atoms with Gasteiger partial charge in [-0.05, 0) is 36.1 Å². The van der Waals surface area contributed by atoms with E-state index in [2.05, 4.69) is 10.3 Å². The smallest absolute Gasteiger partial charge is 0.244 e. The van der Waals surface area contributed by atoms with Gasteiger partial charge in [-0.1, -0.05) is 13.8 Å². The van der Waals surface area contributed by atoms with E-state index in [0.29, 0.717) is 30.1 Å². The van der Waals surface area contributed by atoms with Gasteiger partial charge in [0.15, 0.2) is 0 Å². The molecule has 1 aliphatic heterocycles. The van der Waals surface area contributed by atoms with Gasteiger partial charge in [0.2, 0.25) is 10.0 Å². The average molecular weight is 393 g/mol. The molecule has 1 N–H and O–H groups in total. The Balaban J connectivity index is 2.09. The fraction of sp³-hybridized carbons (Fsp3) is 0.526. The Bertz CT molecular complexity index is 921. The molecular weight excluding hydrogens is 364 g/mol. The van der Waals surface area contributed by atoms with Gasteiger partial charge in [0.25, 0.3) is 0 Å². The van der Waals surface area contributed by atoms with Crippen LogP contribution in [0.25, 0.3) is 0 Å². The molecule has 7 nitrogen and oxygen atoms in total. The van der Waals surface area contributed by atoms with Crippen molar-refractivity contribution in [3.63, 3.8) is 0 Å². The Morgan fingerprint density at radius 2 is 2.07 bits per heavy atom. The topological polar surface area (TPSA) is 76.5 Å². The van der Waals surface area contributed by atoms with E-state index in [9.17, 15) is 8.42 Å². The van der Waals surface area contributed by atoms with E-state index in [4.69, 9.17) is 4.74 Å². The number of hydrogen-bond donors (Lipinski definition) is 1. The number of nitrogens with one attached hydrogen (secondary N) is 1. The molecule has 0 spiro atoms. The van der Waals surface area contributed by atoms with Crippen molar-refractivity contribution in [2.45, 2.75) is 37.6 Å². The molecule has 0 bridgehead atoms. The van der Waals surface area contributed by atoms with E-state index >= 15 is 0 Å². The number of aryl methyl sites for hydroxylation is 2. The maximum Gasteiger partial charge on any atom is 0.244 e.